The molecule has 0 N–H and O–H groups in total. The summed E-state index contributed by atoms with van der Waals surface area (Å²) in [5.74, 6) is 19.4. The van der Waals surface area contributed by atoms with Crippen molar-refractivity contribution in [2.45, 2.75) is 83.2 Å². The number of nitriles is 1. The smallest absolute Gasteiger partial charge is 0.258 e. The first-order chi connectivity index (χ1) is 23.2. The van der Waals surface area contributed by atoms with Crippen LogP contribution in [0.1, 0.15) is 105 Å². The predicted octanol–water partition coefficient (Wildman–Crippen LogP) is 10.5. The van der Waals surface area contributed by atoms with E-state index in [0.29, 0.717) is 23.0 Å². The van der Waals surface area contributed by atoms with Gasteiger partial charge in [-0.3, -0.25) is 10.1 Å². The van der Waals surface area contributed by atoms with Gasteiger partial charge in [0.05, 0.1) is 16.1 Å². The molecule has 0 heterocycles. The maximum Gasteiger partial charge on any atom is 0.417 e. The second kappa shape index (κ2) is 18.4. The van der Waals surface area contributed by atoms with Crippen LogP contribution in [-0.2, 0) is 6.18 Å². The number of nitro benzene ring substituents is 1. The van der Waals surface area contributed by atoms with Crippen molar-refractivity contribution < 1.29 is 18.1 Å². The van der Waals surface area contributed by atoms with E-state index in [2.05, 4.69) is 41.6 Å². The third kappa shape index (κ3) is 11.4. The summed E-state index contributed by atoms with van der Waals surface area (Å²) in [6, 6.07) is 21.9. The number of nitro groups is 1. The van der Waals surface area contributed by atoms with Crippen LogP contribution in [0.5, 0.6) is 0 Å². The Hall–Kier alpha value is -4.98. The lowest BCUT2D eigenvalue weighted by molar-refractivity contribution is -0.385. The van der Waals surface area contributed by atoms with Crippen LogP contribution in [0.3, 0.4) is 0 Å². The highest BCUT2D eigenvalue weighted by atomic mass is 19.4. The van der Waals surface area contributed by atoms with Gasteiger partial charge in [-0.05, 0) is 68.9 Å². The third-order valence-corrected chi connectivity index (χ3v) is 8.68. The van der Waals surface area contributed by atoms with Crippen molar-refractivity contribution in [2.75, 3.05) is 0 Å². The predicted molar refractivity (Wildman–Crippen MR) is 182 cm³/mol. The fourth-order valence-electron chi connectivity index (χ4n) is 6.02. The highest BCUT2D eigenvalue weighted by Gasteiger charge is 2.32. The lowest BCUT2D eigenvalue weighted by atomic mass is 10.0. The van der Waals surface area contributed by atoms with Gasteiger partial charge in [0.25, 0.3) is 5.69 Å². The van der Waals surface area contributed by atoms with Gasteiger partial charge in [0.15, 0.2) is 0 Å². The molecule has 3 aliphatic carbocycles. The van der Waals surface area contributed by atoms with Crippen molar-refractivity contribution in [3.63, 3.8) is 0 Å². The van der Waals surface area contributed by atoms with Crippen molar-refractivity contribution in [3.05, 3.63) is 111 Å². The van der Waals surface area contributed by atoms with Gasteiger partial charge in [-0.25, -0.2) is 0 Å². The molecule has 48 heavy (non-hydrogen) atoms. The molecule has 0 amide bonds. The minimum atomic E-state index is -4.32. The number of halogens is 3. The first-order valence-corrected chi connectivity index (χ1v) is 16.7. The molecule has 0 radical (unpaired) electrons. The molecule has 7 heteroatoms. The summed E-state index contributed by atoms with van der Waals surface area (Å²) in [5, 5.41) is 19.6. The number of benzene rings is 3. The SMILES string of the molecule is FC(F)(F)c1ccccc1C#CC1CCCC1.N#Cc1ccccc1C#CC1CCCC1.O=[N+]([O-])c1ccccc1C#CC1CCCC1. The van der Waals surface area contributed by atoms with Crippen LogP contribution in [0.4, 0.5) is 18.9 Å². The van der Waals surface area contributed by atoms with E-state index in [1.807, 2.05) is 24.3 Å². The van der Waals surface area contributed by atoms with Crippen LogP contribution < -0.4 is 0 Å². The largest absolute Gasteiger partial charge is 0.417 e. The number of para-hydroxylation sites is 1. The summed E-state index contributed by atoms with van der Waals surface area (Å²) in [6.45, 7) is 0. The van der Waals surface area contributed by atoms with E-state index in [1.54, 1.807) is 24.3 Å². The Labute approximate surface area is 281 Å². The molecule has 0 aromatic heterocycles. The van der Waals surface area contributed by atoms with Crippen LogP contribution in [-0.4, -0.2) is 4.92 Å². The second-order valence-electron chi connectivity index (χ2n) is 12.2. The van der Waals surface area contributed by atoms with Crippen LogP contribution >= 0.6 is 0 Å². The van der Waals surface area contributed by atoms with E-state index in [4.69, 9.17) is 5.26 Å². The number of nitrogens with zero attached hydrogens (tertiary/aromatic N) is 2. The maximum absolute atomic E-state index is 12.7. The van der Waals surface area contributed by atoms with Gasteiger partial charge in [-0.15, -0.1) is 0 Å². The number of rotatable bonds is 1. The van der Waals surface area contributed by atoms with Gasteiger partial charge >= 0.3 is 6.18 Å². The van der Waals surface area contributed by atoms with E-state index in [9.17, 15) is 23.3 Å². The molecule has 0 atom stereocenters. The van der Waals surface area contributed by atoms with Gasteiger partial charge in [0.1, 0.15) is 11.6 Å². The molecule has 3 saturated carbocycles. The molecule has 4 nitrogen and oxygen atoms in total. The Morgan fingerprint density at radius 1 is 0.583 bits per heavy atom. The van der Waals surface area contributed by atoms with Crippen LogP contribution in [0.15, 0.2) is 72.8 Å². The molecule has 0 aliphatic heterocycles. The molecule has 0 unspecified atom stereocenters. The zero-order valence-electron chi connectivity index (χ0n) is 27.0. The second-order valence-corrected chi connectivity index (χ2v) is 12.2. The molecule has 246 valence electrons. The molecule has 3 aromatic carbocycles. The highest BCUT2D eigenvalue weighted by Crippen LogP contribution is 2.32. The Balaban J connectivity index is 0.000000163. The number of hydrogen-bond acceptors (Lipinski definition) is 3. The van der Waals surface area contributed by atoms with Crippen molar-refractivity contribution >= 4 is 5.69 Å². The van der Waals surface area contributed by atoms with Gasteiger partial charge in [0, 0.05) is 34.9 Å². The van der Waals surface area contributed by atoms with Gasteiger partial charge in [-0.1, -0.05) is 110 Å². The van der Waals surface area contributed by atoms with E-state index in [1.165, 1.54) is 56.7 Å². The van der Waals surface area contributed by atoms with E-state index < -0.39 is 11.7 Å². The first-order valence-electron chi connectivity index (χ1n) is 16.7. The highest BCUT2D eigenvalue weighted by molar-refractivity contribution is 5.51. The van der Waals surface area contributed by atoms with Crippen LogP contribution in [0.25, 0.3) is 0 Å². The topological polar surface area (TPSA) is 66.9 Å². The maximum atomic E-state index is 12.7. The zero-order chi connectivity index (χ0) is 34.2. The summed E-state index contributed by atoms with van der Waals surface area (Å²) in [6.07, 6.45) is 9.78. The molecule has 3 aliphatic rings. The van der Waals surface area contributed by atoms with Crippen LogP contribution in [0.2, 0.25) is 0 Å². The molecule has 0 spiro atoms. The van der Waals surface area contributed by atoms with E-state index in [-0.39, 0.29) is 22.1 Å². The van der Waals surface area contributed by atoms with Crippen molar-refractivity contribution in [1.82, 2.24) is 0 Å². The lowest BCUT2D eigenvalue weighted by Crippen LogP contribution is -2.07. The minimum absolute atomic E-state index is 0.0897. The molecule has 3 fully saturated rings. The lowest BCUT2D eigenvalue weighted by Gasteiger charge is -2.08. The molecular formula is C41H39F3N2O2. The van der Waals surface area contributed by atoms with E-state index >= 15 is 0 Å². The summed E-state index contributed by atoms with van der Waals surface area (Å²) < 4.78 is 38.0. The first kappa shape index (κ1) is 35.9. The summed E-state index contributed by atoms with van der Waals surface area (Å²) >= 11 is 0. The molecule has 6 rings (SSSR count). The van der Waals surface area contributed by atoms with Gasteiger partial charge in [-0.2, -0.15) is 18.4 Å². The summed E-state index contributed by atoms with van der Waals surface area (Å²) in [7, 11) is 0. The Morgan fingerprint density at radius 2 is 0.958 bits per heavy atom. The van der Waals surface area contributed by atoms with Gasteiger partial charge in [0.2, 0.25) is 0 Å². The monoisotopic (exact) mass is 648 g/mol. The summed E-state index contributed by atoms with van der Waals surface area (Å²) in [5.41, 5.74) is 1.64. The fourth-order valence-corrected chi connectivity index (χ4v) is 6.02. The van der Waals surface area contributed by atoms with Crippen molar-refractivity contribution in [2.24, 2.45) is 17.8 Å². The Morgan fingerprint density at radius 3 is 1.42 bits per heavy atom. The van der Waals surface area contributed by atoms with Crippen LogP contribution in [0, 0.1) is 74.7 Å². The molecular weight excluding hydrogens is 609 g/mol. The Bertz CT molecular complexity index is 1750. The molecule has 3 aromatic rings. The standard InChI is InChI=1S/C14H13F3.C14H13N.C13H13NO2/c15-14(16,17)13-8-4-3-7-12(13)10-9-11-5-1-2-6-11;15-11-14-8-4-3-7-13(14)10-9-12-5-1-2-6-12;15-14(16)13-8-4-3-7-12(13)10-9-11-5-1-2-6-11/h3-4,7-8,11H,1-2,5-6H2;3-4,7-8,12H,1-2,5-6H2;3-4,7-8,11H,1-2,5-6H2. The van der Waals surface area contributed by atoms with E-state index in [0.717, 1.165) is 50.2 Å². The average molecular weight is 649 g/mol. The average Bonchev–Trinajstić information content (AvgIpc) is 3.91. The number of hydrogen-bond donors (Lipinski definition) is 0. The number of alkyl halides is 3. The zero-order valence-corrected chi connectivity index (χ0v) is 27.0. The van der Waals surface area contributed by atoms with Gasteiger partial charge < -0.3 is 0 Å². The molecule has 0 bridgehead atoms. The fraction of sp³-hybridized carbons (Fsp3) is 0.390. The van der Waals surface area contributed by atoms with Crippen molar-refractivity contribution in [3.8, 4) is 41.6 Å². The Kier molecular flexibility index (Phi) is 13.7. The third-order valence-electron chi connectivity index (χ3n) is 8.68. The van der Waals surface area contributed by atoms with Crippen molar-refractivity contribution in [1.29, 1.82) is 5.26 Å². The quantitative estimate of drug-likeness (QED) is 0.150. The minimum Gasteiger partial charge on any atom is -0.258 e. The normalized spacial score (nSPS) is 15.9. The molecule has 0 saturated heterocycles. The summed E-state index contributed by atoms with van der Waals surface area (Å²) in [4.78, 5) is 10.4.